The van der Waals surface area contributed by atoms with E-state index in [2.05, 4.69) is 10.4 Å². The Labute approximate surface area is 248 Å². The van der Waals surface area contributed by atoms with Crippen LogP contribution in [0.25, 0.3) is 0 Å². The molecule has 3 aromatic rings. The van der Waals surface area contributed by atoms with Crippen molar-refractivity contribution in [1.82, 2.24) is 24.9 Å². The molecule has 1 aliphatic heterocycles. The number of non-ortho nitro benzene ring substituents is 1. The lowest BCUT2D eigenvalue weighted by Crippen LogP contribution is -2.54. The number of carbonyl (C=O) groups excluding carboxylic acids is 3. The Morgan fingerprint density at radius 1 is 1.05 bits per heavy atom. The third kappa shape index (κ3) is 6.71. The van der Waals surface area contributed by atoms with E-state index >= 15 is 0 Å². The minimum atomic E-state index is -1.43. The van der Waals surface area contributed by atoms with Crippen LogP contribution in [0, 0.1) is 17.0 Å². The van der Waals surface area contributed by atoms with Gasteiger partial charge in [0.1, 0.15) is 5.69 Å². The molecule has 2 atom stereocenters. The summed E-state index contributed by atoms with van der Waals surface area (Å²) in [4.78, 5) is 66.6. The molecule has 4 rings (SSSR count). The lowest BCUT2D eigenvalue weighted by atomic mass is 9.92. The SMILES string of the molecule is Cc1cccc(C(=O)N2CCN(C(=O)c3cc(C(C)(C)C)nn3C)C2C(=O)NC(CC(=O)O)c2cccc([N+](=O)[O-])c2)c1. The second-order valence-electron chi connectivity index (χ2n) is 11.5. The van der Waals surface area contributed by atoms with Crippen LogP contribution in [-0.4, -0.2) is 72.6 Å². The minimum absolute atomic E-state index is 0.0327. The second-order valence-corrected chi connectivity index (χ2v) is 11.5. The summed E-state index contributed by atoms with van der Waals surface area (Å²) in [6, 6.07) is 12.6. The number of carbonyl (C=O) groups is 4. The van der Waals surface area contributed by atoms with E-state index in [4.69, 9.17) is 0 Å². The van der Waals surface area contributed by atoms with Crippen LogP contribution in [0.15, 0.2) is 54.6 Å². The quantitative estimate of drug-likeness (QED) is 0.298. The van der Waals surface area contributed by atoms with Crippen molar-refractivity contribution in [3.05, 3.63) is 92.8 Å². The summed E-state index contributed by atoms with van der Waals surface area (Å²) in [6.45, 7) is 7.76. The zero-order valence-electron chi connectivity index (χ0n) is 24.6. The first-order valence-corrected chi connectivity index (χ1v) is 13.7. The number of nitrogens with zero attached hydrogens (tertiary/aromatic N) is 5. The summed E-state index contributed by atoms with van der Waals surface area (Å²) in [5, 5.41) is 28.1. The molecule has 13 heteroatoms. The number of nitro benzene ring substituents is 1. The van der Waals surface area contributed by atoms with Gasteiger partial charge in [0, 0.05) is 43.2 Å². The summed E-state index contributed by atoms with van der Waals surface area (Å²) < 4.78 is 1.43. The number of amides is 3. The topological polar surface area (TPSA) is 168 Å². The van der Waals surface area contributed by atoms with Crippen molar-refractivity contribution in [2.24, 2.45) is 7.05 Å². The number of rotatable bonds is 8. The largest absolute Gasteiger partial charge is 0.481 e. The third-order valence-electron chi connectivity index (χ3n) is 7.24. The van der Waals surface area contributed by atoms with Crippen molar-refractivity contribution < 1.29 is 29.2 Å². The summed E-state index contributed by atoms with van der Waals surface area (Å²) in [5.41, 5.74) is 1.60. The number of benzene rings is 2. The van der Waals surface area contributed by atoms with Gasteiger partial charge in [0.25, 0.3) is 23.4 Å². The minimum Gasteiger partial charge on any atom is -0.481 e. The Morgan fingerprint density at radius 2 is 1.70 bits per heavy atom. The number of carboxylic acid groups (broad SMARTS) is 1. The van der Waals surface area contributed by atoms with Gasteiger partial charge in [0.2, 0.25) is 0 Å². The van der Waals surface area contributed by atoms with Gasteiger partial charge < -0.3 is 20.2 Å². The van der Waals surface area contributed by atoms with Gasteiger partial charge >= 0.3 is 5.97 Å². The number of hydrogen-bond donors (Lipinski definition) is 2. The molecule has 13 nitrogen and oxygen atoms in total. The fraction of sp³-hybridized carbons (Fsp3) is 0.367. The second kappa shape index (κ2) is 12.0. The van der Waals surface area contributed by atoms with Gasteiger partial charge in [-0.15, -0.1) is 0 Å². The molecular formula is C30H34N6O7. The average molecular weight is 591 g/mol. The lowest BCUT2D eigenvalue weighted by Gasteiger charge is -2.31. The van der Waals surface area contributed by atoms with Crippen LogP contribution in [0.5, 0.6) is 0 Å². The van der Waals surface area contributed by atoms with E-state index in [-0.39, 0.29) is 35.4 Å². The standard InChI is InChI=1S/C30H34N6O7/c1-18-8-6-10-20(14-18)28(40)34-12-13-35(29(41)23-17-24(30(2,3)4)32-33(23)5)27(34)26(39)31-22(16-25(37)38)19-9-7-11-21(15-19)36(42)43/h6-11,14-15,17,22,27H,12-13,16H2,1-5H3,(H,31,39)(H,37,38). The number of carboxylic acids is 1. The molecular weight excluding hydrogens is 556 g/mol. The summed E-state index contributed by atoms with van der Waals surface area (Å²) in [5.74, 6) is -3.07. The lowest BCUT2D eigenvalue weighted by molar-refractivity contribution is -0.384. The van der Waals surface area contributed by atoms with E-state index in [1.54, 1.807) is 31.3 Å². The van der Waals surface area contributed by atoms with Crippen LogP contribution in [0.4, 0.5) is 5.69 Å². The molecule has 2 N–H and O–H groups in total. The van der Waals surface area contributed by atoms with E-state index < -0.39 is 47.2 Å². The molecule has 3 amide bonds. The van der Waals surface area contributed by atoms with E-state index in [1.807, 2.05) is 33.8 Å². The van der Waals surface area contributed by atoms with Crippen molar-refractivity contribution in [2.45, 2.75) is 51.7 Å². The van der Waals surface area contributed by atoms with E-state index in [1.165, 1.54) is 38.7 Å². The van der Waals surface area contributed by atoms with E-state index in [9.17, 15) is 34.4 Å². The highest BCUT2D eigenvalue weighted by atomic mass is 16.6. The zero-order chi connectivity index (χ0) is 31.6. The maximum atomic E-state index is 14.0. The van der Waals surface area contributed by atoms with Crippen LogP contribution in [0.3, 0.4) is 0 Å². The molecule has 0 bridgehead atoms. The van der Waals surface area contributed by atoms with Gasteiger partial charge in [0.05, 0.1) is 23.1 Å². The Kier molecular flexibility index (Phi) is 8.65. The van der Waals surface area contributed by atoms with E-state index in [0.717, 1.165) is 5.56 Å². The highest BCUT2D eigenvalue weighted by molar-refractivity contribution is 6.02. The fourth-order valence-corrected chi connectivity index (χ4v) is 4.99. The molecule has 43 heavy (non-hydrogen) atoms. The van der Waals surface area contributed by atoms with Crippen molar-refractivity contribution in [2.75, 3.05) is 13.1 Å². The monoisotopic (exact) mass is 590 g/mol. The van der Waals surface area contributed by atoms with E-state index in [0.29, 0.717) is 11.3 Å². The molecule has 1 aromatic heterocycles. The highest BCUT2D eigenvalue weighted by Gasteiger charge is 2.44. The Morgan fingerprint density at radius 3 is 2.28 bits per heavy atom. The summed E-state index contributed by atoms with van der Waals surface area (Å²) in [7, 11) is 1.62. The normalized spacial score (nSPS) is 15.7. The zero-order valence-corrected chi connectivity index (χ0v) is 24.6. The number of hydrogen-bond acceptors (Lipinski definition) is 7. The van der Waals surface area contributed by atoms with Gasteiger partial charge in [-0.1, -0.05) is 50.6 Å². The smallest absolute Gasteiger partial charge is 0.305 e. The van der Waals surface area contributed by atoms with Gasteiger partial charge in [0.15, 0.2) is 6.17 Å². The van der Waals surface area contributed by atoms with Gasteiger partial charge in [-0.2, -0.15) is 5.10 Å². The maximum absolute atomic E-state index is 14.0. The molecule has 0 saturated carbocycles. The van der Waals surface area contributed by atoms with Crippen LogP contribution < -0.4 is 5.32 Å². The van der Waals surface area contributed by atoms with Gasteiger partial charge in [-0.25, -0.2) is 0 Å². The van der Waals surface area contributed by atoms with Crippen molar-refractivity contribution in [3.63, 3.8) is 0 Å². The predicted octanol–water partition coefficient (Wildman–Crippen LogP) is 3.19. The Hall–Kier alpha value is -5.07. The molecule has 0 aliphatic carbocycles. The van der Waals surface area contributed by atoms with Crippen LogP contribution in [0.1, 0.15) is 70.9 Å². The Balaban J connectivity index is 1.73. The van der Waals surface area contributed by atoms with Crippen LogP contribution >= 0.6 is 0 Å². The number of nitro groups is 1. The van der Waals surface area contributed by atoms with Crippen molar-refractivity contribution >= 4 is 29.4 Å². The molecule has 2 aromatic carbocycles. The molecule has 226 valence electrons. The number of aliphatic carboxylic acids is 1. The predicted molar refractivity (Wildman–Crippen MR) is 155 cm³/mol. The first-order chi connectivity index (χ1) is 20.2. The molecule has 2 heterocycles. The van der Waals surface area contributed by atoms with Crippen molar-refractivity contribution in [1.29, 1.82) is 0 Å². The molecule has 1 fully saturated rings. The van der Waals surface area contributed by atoms with Gasteiger partial charge in [-0.05, 0) is 30.7 Å². The molecule has 0 radical (unpaired) electrons. The molecule has 0 spiro atoms. The van der Waals surface area contributed by atoms with Crippen molar-refractivity contribution in [3.8, 4) is 0 Å². The summed E-state index contributed by atoms with van der Waals surface area (Å²) in [6.07, 6.45) is -2.01. The first-order valence-electron chi connectivity index (χ1n) is 13.7. The summed E-state index contributed by atoms with van der Waals surface area (Å²) >= 11 is 0. The van der Waals surface area contributed by atoms with Crippen LogP contribution in [-0.2, 0) is 22.1 Å². The number of aryl methyl sites for hydroxylation is 2. The molecule has 1 saturated heterocycles. The first kappa shape index (κ1) is 30.9. The molecule has 1 aliphatic rings. The third-order valence-corrected chi connectivity index (χ3v) is 7.24. The Bertz CT molecular complexity index is 1590. The number of aromatic nitrogens is 2. The maximum Gasteiger partial charge on any atom is 0.305 e. The number of nitrogens with one attached hydrogen (secondary N) is 1. The average Bonchev–Trinajstić information content (AvgIpc) is 3.56. The highest BCUT2D eigenvalue weighted by Crippen LogP contribution is 2.27. The van der Waals surface area contributed by atoms with Gasteiger partial charge in [-0.3, -0.25) is 34.0 Å². The fourth-order valence-electron chi connectivity index (χ4n) is 4.99. The molecule has 2 unspecified atom stereocenters. The van der Waals surface area contributed by atoms with Crippen LogP contribution in [0.2, 0.25) is 0 Å².